The Hall–Kier alpha value is -0.375. The van der Waals surface area contributed by atoms with Crippen molar-refractivity contribution in [3.05, 3.63) is 5.01 Å². The zero-order chi connectivity index (χ0) is 5.98. The average Bonchev–Trinajstić information content (AvgIpc) is 2.14. The standard InChI is InChI=1S/C4H6BN2S/c1-3-6-4(5-2)7-8-3/h1-2H3. The highest BCUT2D eigenvalue weighted by Crippen LogP contribution is 1.91. The van der Waals surface area contributed by atoms with Crippen LogP contribution in [-0.2, 0) is 0 Å². The molecule has 0 aliphatic rings. The Kier molecular flexibility index (Phi) is 1.63. The Morgan fingerprint density at radius 2 is 2.38 bits per heavy atom. The van der Waals surface area contributed by atoms with Gasteiger partial charge in [0.25, 0.3) is 0 Å². The van der Waals surface area contributed by atoms with E-state index in [2.05, 4.69) is 9.36 Å². The van der Waals surface area contributed by atoms with Crippen LogP contribution in [0.15, 0.2) is 0 Å². The van der Waals surface area contributed by atoms with Gasteiger partial charge in [-0.3, -0.25) is 0 Å². The second kappa shape index (κ2) is 2.26. The normalized spacial score (nSPS) is 9.25. The molecular formula is C4H6BN2S. The van der Waals surface area contributed by atoms with Gasteiger partial charge in [-0.1, -0.05) is 6.82 Å². The van der Waals surface area contributed by atoms with E-state index >= 15 is 0 Å². The number of rotatable bonds is 1. The molecule has 4 heteroatoms. The molecule has 0 atom stereocenters. The summed E-state index contributed by atoms with van der Waals surface area (Å²) in [6, 6.07) is 0. The Morgan fingerprint density at radius 3 is 2.62 bits per heavy atom. The first-order chi connectivity index (χ1) is 3.83. The Balaban J connectivity index is 2.84. The third-order valence-corrected chi connectivity index (χ3v) is 1.44. The summed E-state index contributed by atoms with van der Waals surface area (Å²) in [5.41, 5.74) is 0.840. The molecule has 0 aromatic carbocycles. The van der Waals surface area contributed by atoms with Gasteiger partial charge in [-0.15, -0.1) is 0 Å². The minimum Gasteiger partial charge on any atom is -0.236 e. The van der Waals surface area contributed by atoms with E-state index in [0.717, 1.165) is 10.7 Å². The number of aryl methyl sites for hydroxylation is 1. The fourth-order valence-corrected chi connectivity index (χ4v) is 0.938. The van der Waals surface area contributed by atoms with Crippen LogP contribution in [0, 0.1) is 6.92 Å². The van der Waals surface area contributed by atoms with E-state index in [4.69, 9.17) is 0 Å². The first kappa shape index (κ1) is 5.76. The minimum absolute atomic E-state index is 0.840. The van der Waals surface area contributed by atoms with Gasteiger partial charge in [0.15, 0.2) is 0 Å². The maximum atomic E-state index is 4.08. The molecule has 0 fully saturated rings. The molecule has 0 aliphatic carbocycles. The van der Waals surface area contributed by atoms with Crippen LogP contribution in [0.3, 0.4) is 0 Å². The predicted molar refractivity (Wildman–Crippen MR) is 35.9 cm³/mol. The lowest BCUT2D eigenvalue weighted by atomic mass is 9.82. The van der Waals surface area contributed by atoms with E-state index in [9.17, 15) is 0 Å². The molecule has 41 valence electrons. The van der Waals surface area contributed by atoms with Crippen LogP contribution in [0.4, 0.5) is 0 Å². The molecule has 1 aromatic rings. The Morgan fingerprint density at radius 1 is 1.62 bits per heavy atom. The number of hydrogen-bond acceptors (Lipinski definition) is 3. The van der Waals surface area contributed by atoms with Crippen molar-refractivity contribution < 1.29 is 0 Å². The molecule has 1 rings (SSSR count). The molecule has 8 heavy (non-hydrogen) atoms. The van der Waals surface area contributed by atoms with Crippen LogP contribution >= 0.6 is 11.5 Å². The molecule has 0 saturated carbocycles. The highest BCUT2D eigenvalue weighted by atomic mass is 32.1. The van der Waals surface area contributed by atoms with Crippen LogP contribution in [0.1, 0.15) is 5.01 Å². The molecule has 2 nitrogen and oxygen atoms in total. The van der Waals surface area contributed by atoms with E-state index in [-0.39, 0.29) is 0 Å². The summed E-state index contributed by atoms with van der Waals surface area (Å²) in [5, 5.41) is 1.03. The Labute approximate surface area is 53.4 Å². The van der Waals surface area contributed by atoms with E-state index in [1.54, 1.807) is 0 Å². The molecule has 0 aliphatic heterocycles. The number of aromatic nitrogens is 2. The maximum Gasteiger partial charge on any atom is 0.202 e. The SMILES string of the molecule is C[B]c1nsc(C)n1. The molecule has 1 heterocycles. The second-order valence-corrected chi connectivity index (χ2v) is 2.42. The fraction of sp³-hybridized carbons (Fsp3) is 0.500. The second-order valence-electron chi connectivity index (χ2n) is 1.46. The lowest BCUT2D eigenvalue weighted by Crippen LogP contribution is -2.14. The number of nitrogens with zero attached hydrogens (tertiary/aromatic N) is 2. The monoisotopic (exact) mass is 125 g/mol. The molecule has 0 amide bonds. The molecule has 0 N–H and O–H groups in total. The molecule has 0 unspecified atom stereocenters. The van der Waals surface area contributed by atoms with Crippen molar-refractivity contribution in [3.63, 3.8) is 0 Å². The summed E-state index contributed by atoms with van der Waals surface area (Å²) < 4.78 is 4.01. The quantitative estimate of drug-likeness (QED) is 0.502. The maximum absolute atomic E-state index is 4.08. The van der Waals surface area contributed by atoms with E-state index in [1.165, 1.54) is 11.5 Å². The van der Waals surface area contributed by atoms with Crippen LogP contribution in [0.5, 0.6) is 0 Å². The fourth-order valence-electron chi connectivity index (χ4n) is 0.432. The van der Waals surface area contributed by atoms with Crippen molar-refractivity contribution in [2.45, 2.75) is 13.7 Å². The van der Waals surface area contributed by atoms with Gasteiger partial charge in [0.2, 0.25) is 7.28 Å². The summed E-state index contributed by atoms with van der Waals surface area (Å²) in [5.74, 6) is 0. The van der Waals surface area contributed by atoms with Gasteiger partial charge in [0.05, 0.1) is 5.72 Å². The summed E-state index contributed by atoms with van der Waals surface area (Å²) in [6.07, 6.45) is 0. The van der Waals surface area contributed by atoms with Gasteiger partial charge in [0, 0.05) is 0 Å². The average molecular weight is 125 g/mol. The van der Waals surface area contributed by atoms with Crippen molar-refractivity contribution in [3.8, 4) is 0 Å². The first-order valence-corrected chi connectivity index (χ1v) is 3.20. The molecule has 1 aromatic heterocycles. The van der Waals surface area contributed by atoms with Gasteiger partial charge in [0.1, 0.15) is 5.01 Å². The zero-order valence-corrected chi connectivity index (χ0v) is 5.70. The first-order valence-electron chi connectivity index (χ1n) is 2.42. The molecule has 0 spiro atoms. The highest BCUT2D eigenvalue weighted by Gasteiger charge is 1.94. The van der Waals surface area contributed by atoms with Crippen molar-refractivity contribution in [1.29, 1.82) is 0 Å². The summed E-state index contributed by atoms with van der Waals surface area (Å²) in [7, 11) is 1.89. The van der Waals surface area contributed by atoms with Gasteiger partial charge < -0.3 is 0 Å². The van der Waals surface area contributed by atoms with Gasteiger partial charge in [-0.25, -0.2) is 4.98 Å². The van der Waals surface area contributed by atoms with Crippen molar-refractivity contribution >= 4 is 24.5 Å². The topological polar surface area (TPSA) is 25.8 Å². The number of hydrogen-bond donors (Lipinski definition) is 0. The third kappa shape index (κ3) is 1.07. The van der Waals surface area contributed by atoms with Crippen molar-refractivity contribution in [1.82, 2.24) is 9.36 Å². The summed E-state index contributed by atoms with van der Waals surface area (Å²) >= 11 is 1.44. The minimum atomic E-state index is 0.840. The van der Waals surface area contributed by atoms with Crippen LogP contribution < -0.4 is 5.72 Å². The molecule has 1 radical (unpaired) electrons. The third-order valence-electron chi connectivity index (χ3n) is 0.801. The summed E-state index contributed by atoms with van der Waals surface area (Å²) in [6.45, 7) is 3.88. The van der Waals surface area contributed by atoms with E-state index in [1.807, 2.05) is 21.0 Å². The van der Waals surface area contributed by atoms with Gasteiger partial charge in [-0.05, 0) is 18.5 Å². The van der Waals surface area contributed by atoms with Crippen LogP contribution in [-0.4, -0.2) is 16.6 Å². The summed E-state index contributed by atoms with van der Waals surface area (Å²) in [4.78, 5) is 4.08. The molecular weight excluding hydrogens is 119 g/mol. The lowest BCUT2D eigenvalue weighted by Gasteiger charge is -1.75. The van der Waals surface area contributed by atoms with E-state index in [0.29, 0.717) is 0 Å². The Bertz CT molecular complexity index is 174. The van der Waals surface area contributed by atoms with Crippen molar-refractivity contribution in [2.75, 3.05) is 0 Å². The smallest absolute Gasteiger partial charge is 0.202 e. The molecule has 0 saturated heterocycles. The van der Waals surface area contributed by atoms with E-state index < -0.39 is 0 Å². The van der Waals surface area contributed by atoms with Crippen molar-refractivity contribution in [2.24, 2.45) is 0 Å². The zero-order valence-electron chi connectivity index (χ0n) is 4.88. The van der Waals surface area contributed by atoms with Gasteiger partial charge >= 0.3 is 0 Å². The predicted octanol–water partition coefficient (Wildman–Crippen LogP) is 0.224. The highest BCUT2D eigenvalue weighted by molar-refractivity contribution is 7.05. The molecule has 0 bridgehead atoms. The van der Waals surface area contributed by atoms with Crippen LogP contribution in [0.2, 0.25) is 6.82 Å². The lowest BCUT2D eigenvalue weighted by molar-refractivity contribution is 1.31. The largest absolute Gasteiger partial charge is 0.236 e. The van der Waals surface area contributed by atoms with Crippen LogP contribution in [0.25, 0.3) is 0 Å². The van der Waals surface area contributed by atoms with Gasteiger partial charge in [-0.2, -0.15) is 4.37 Å².